The Bertz CT molecular complexity index is 1030. The van der Waals surface area contributed by atoms with Crippen molar-refractivity contribution in [2.75, 3.05) is 0 Å². The fourth-order valence-corrected chi connectivity index (χ4v) is 3.47. The summed E-state index contributed by atoms with van der Waals surface area (Å²) in [6, 6.07) is 11.3. The maximum Gasteiger partial charge on any atom is 0.341 e. The SMILES string of the molecule is O=C(O)C=CC1=c2c(Cl)cc(Cl)cc2=NC1(C(=O)O)c1ccccc1. The molecule has 0 radical (unpaired) electrons. The number of halogens is 2. The topological polar surface area (TPSA) is 87.0 Å². The van der Waals surface area contributed by atoms with Crippen LogP contribution < -0.4 is 10.6 Å². The monoisotopic (exact) mass is 375 g/mol. The highest BCUT2D eigenvalue weighted by Crippen LogP contribution is 2.37. The first kappa shape index (κ1) is 17.2. The molecule has 0 amide bonds. The van der Waals surface area contributed by atoms with Crippen LogP contribution in [0.15, 0.2) is 59.6 Å². The molecule has 3 rings (SSSR count). The van der Waals surface area contributed by atoms with Crippen LogP contribution in [0.3, 0.4) is 0 Å². The Labute approximate surface area is 152 Å². The molecule has 0 aromatic heterocycles. The van der Waals surface area contributed by atoms with Crippen molar-refractivity contribution < 1.29 is 19.8 Å². The van der Waals surface area contributed by atoms with E-state index in [0.717, 1.165) is 6.08 Å². The van der Waals surface area contributed by atoms with Gasteiger partial charge in [-0.15, -0.1) is 0 Å². The van der Waals surface area contributed by atoms with Crippen LogP contribution in [0, 0.1) is 0 Å². The Balaban J connectivity index is 2.47. The molecule has 5 nitrogen and oxygen atoms in total. The first-order valence-corrected chi connectivity index (χ1v) is 7.91. The number of rotatable bonds is 4. The zero-order valence-electron chi connectivity index (χ0n) is 12.6. The summed E-state index contributed by atoms with van der Waals surface area (Å²) in [5.41, 5.74) is -1.25. The van der Waals surface area contributed by atoms with E-state index in [2.05, 4.69) is 4.99 Å². The van der Waals surface area contributed by atoms with E-state index < -0.39 is 17.5 Å². The smallest absolute Gasteiger partial charge is 0.341 e. The van der Waals surface area contributed by atoms with Crippen molar-refractivity contribution in [3.8, 4) is 0 Å². The molecular weight excluding hydrogens is 365 g/mol. The second-order valence-electron chi connectivity index (χ2n) is 5.36. The van der Waals surface area contributed by atoms with Crippen LogP contribution in [0.4, 0.5) is 0 Å². The van der Waals surface area contributed by atoms with Gasteiger partial charge in [0.15, 0.2) is 0 Å². The number of carboxylic acids is 2. The van der Waals surface area contributed by atoms with Crippen LogP contribution in [0.5, 0.6) is 0 Å². The predicted octanol–water partition coefficient (Wildman–Crippen LogP) is 2.40. The average Bonchev–Trinajstić information content (AvgIpc) is 2.89. The molecule has 1 atom stereocenters. The minimum atomic E-state index is -1.80. The largest absolute Gasteiger partial charge is 0.479 e. The van der Waals surface area contributed by atoms with Crippen molar-refractivity contribution in [3.63, 3.8) is 0 Å². The molecule has 1 aliphatic heterocycles. The van der Waals surface area contributed by atoms with E-state index in [1.54, 1.807) is 30.3 Å². The first-order valence-electron chi connectivity index (χ1n) is 7.16. The molecule has 0 bridgehead atoms. The van der Waals surface area contributed by atoms with Gasteiger partial charge in [-0.05, 0) is 23.8 Å². The highest BCUT2D eigenvalue weighted by atomic mass is 35.5. The zero-order valence-corrected chi connectivity index (χ0v) is 14.1. The molecule has 0 fully saturated rings. The molecule has 2 aromatic rings. The Morgan fingerprint density at radius 2 is 1.76 bits per heavy atom. The molecular formula is C18H11Cl2NO4. The lowest BCUT2D eigenvalue weighted by Gasteiger charge is -2.24. The van der Waals surface area contributed by atoms with E-state index in [1.165, 1.54) is 18.2 Å². The molecule has 7 heteroatoms. The van der Waals surface area contributed by atoms with Gasteiger partial charge >= 0.3 is 11.9 Å². The fourth-order valence-electron chi connectivity index (χ4n) is 2.88. The van der Waals surface area contributed by atoms with E-state index in [-0.39, 0.29) is 10.6 Å². The predicted molar refractivity (Wildman–Crippen MR) is 93.2 cm³/mol. The second-order valence-corrected chi connectivity index (χ2v) is 6.20. The number of fused-ring (bicyclic) bond motifs is 1. The van der Waals surface area contributed by atoms with E-state index in [4.69, 9.17) is 28.3 Å². The van der Waals surface area contributed by atoms with Crippen molar-refractivity contribution in [3.05, 3.63) is 80.8 Å². The Morgan fingerprint density at radius 3 is 2.36 bits per heavy atom. The van der Waals surface area contributed by atoms with Gasteiger partial charge < -0.3 is 10.2 Å². The van der Waals surface area contributed by atoms with Crippen LogP contribution >= 0.6 is 23.2 Å². The molecule has 1 heterocycles. The number of hydrogen-bond acceptors (Lipinski definition) is 3. The minimum Gasteiger partial charge on any atom is -0.479 e. The Hall–Kier alpha value is -2.63. The summed E-state index contributed by atoms with van der Waals surface area (Å²) in [5.74, 6) is -2.45. The van der Waals surface area contributed by atoms with Gasteiger partial charge in [0.05, 0.1) is 10.4 Å². The van der Waals surface area contributed by atoms with Crippen molar-refractivity contribution in [1.82, 2.24) is 0 Å². The standard InChI is InChI=1S/C18H11Cl2NO4/c19-11-8-13(20)16-12(6-7-15(22)23)18(17(24)25,21-14(16)9-11)10-4-2-1-3-5-10/h1-9H,(H,22,23)(H,24,25). The van der Waals surface area contributed by atoms with Gasteiger partial charge in [0.2, 0.25) is 5.54 Å². The summed E-state index contributed by atoms with van der Waals surface area (Å²) in [6.45, 7) is 0. The highest BCUT2D eigenvalue weighted by Gasteiger charge is 2.46. The molecule has 0 saturated heterocycles. The van der Waals surface area contributed by atoms with Crippen LogP contribution in [-0.4, -0.2) is 22.2 Å². The summed E-state index contributed by atoms with van der Waals surface area (Å²) < 4.78 is 0. The van der Waals surface area contributed by atoms with Gasteiger partial charge in [-0.3, -0.25) is 4.99 Å². The Morgan fingerprint density at radius 1 is 1.08 bits per heavy atom. The third-order valence-corrected chi connectivity index (χ3v) is 4.39. The molecule has 1 unspecified atom stereocenters. The first-order chi connectivity index (χ1) is 11.9. The molecule has 2 N–H and O–H groups in total. The molecule has 0 aliphatic carbocycles. The summed E-state index contributed by atoms with van der Waals surface area (Å²) in [7, 11) is 0. The van der Waals surface area contributed by atoms with Gasteiger partial charge in [-0.25, -0.2) is 9.59 Å². The van der Waals surface area contributed by atoms with Crippen LogP contribution in [-0.2, 0) is 15.1 Å². The fraction of sp³-hybridized carbons (Fsp3) is 0.0556. The summed E-state index contributed by atoms with van der Waals surface area (Å²) in [4.78, 5) is 27.6. The maximum atomic E-state index is 12.3. The van der Waals surface area contributed by atoms with E-state index in [9.17, 15) is 14.7 Å². The maximum absolute atomic E-state index is 12.3. The van der Waals surface area contributed by atoms with Crippen molar-refractivity contribution in [1.29, 1.82) is 0 Å². The van der Waals surface area contributed by atoms with Crippen molar-refractivity contribution in [2.45, 2.75) is 5.54 Å². The van der Waals surface area contributed by atoms with E-state index in [1.807, 2.05) is 0 Å². The second kappa shape index (κ2) is 6.35. The normalized spacial score (nSPS) is 18.9. The van der Waals surface area contributed by atoms with Crippen LogP contribution in [0.25, 0.3) is 5.57 Å². The third kappa shape index (κ3) is 2.81. The average molecular weight is 376 g/mol. The molecule has 0 saturated carbocycles. The number of nitrogens with zero attached hydrogens (tertiary/aromatic N) is 1. The van der Waals surface area contributed by atoms with Gasteiger partial charge in [0.25, 0.3) is 0 Å². The summed E-state index contributed by atoms with van der Waals surface area (Å²) in [5, 5.41) is 20.2. The quantitative estimate of drug-likeness (QED) is 0.803. The zero-order chi connectivity index (χ0) is 18.2. The van der Waals surface area contributed by atoms with Crippen molar-refractivity contribution >= 4 is 40.7 Å². The van der Waals surface area contributed by atoms with E-state index >= 15 is 0 Å². The highest BCUT2D eigenvalue weighted by molar-refractivity contribution is 6.34. The molecule has 2 aromatic carbocycles. The lowest BCUT2D eigenvalue weighted by Crippen LogP contribution is -2.34. The molecule has 1 aliphatic rings. The third-order valence-electron chi connectivity index (χ3n) is 3.88. The minimum absolute atomic E-state index is 0.172. The number of carboxylic acid groups (broad SMARTS) is 2. The lowest BCUT2D eigenvalue weighted by molar-refractivity contribution is -0.141. The molecule has 126 valence electrons. The van der Waals surface area contributed by atoms with E-state index in [0.29, 0.717) is 21.2 Å². The lowest BCUT2D eigenvalue weighted by atomic mass is 9.83. The van der Waals surface area contributed by atoms with Gasteiger partial charge in [0.1, 0.15) is 0 Å². The van der Waals surface area contributed by atoms with Crippen LogP contribution in [0.2, 0.25) is 10.0 Å². The van der Waals surface area contributed by atoms with Gasteiger partial charge in [0, 0.05) is 21.9 Å². The number of hydrogen-bond donors (Lipinski definition) is 2. The molecule has 0 spiro atoms. The number of benzene rings is 2. The summed E-state index contributed by atoms with van der Waals surface area (Å²) in [6.07, 6.45) is 2.09. The number of carbonyl (C=O) groups is 2. The van der Waals surface area contributed by atoms with Crippen LogP contribution in [0.1, 0.15) is 5.56 Å². The molecule has 25 heavy (non-hydrogen) atoms. The van der Waals surface area contributed by atoms with Crippen molar-refractivity contribution in [2.24, 2.45) is 4.99 Å². The summed E-state index contributed by atoms with van der Waals surface area (Å²) >= 11 is 12.3. The van der Waals surface area contributed by atoms with Gasteiger partial charge in [-0.2, -0.15) is 0 Å². The number of aliphatic carboxylic acids is 2. The Kier molecular flexibility index (Phi) is 4.37. The van der Waals surface area contributed by atoms with Gasteiger partial charge in [-0.1, -0.05) is 53.5 Å².